The number of anilines is 1. The Balaban J connectivity index is 1.97. The van der Waals surface area contributed by atoms with Crippen LogP contribution in [0.5, 0.6) is 0 Å². The fourth-order valence-electron chi connectivity index (χ4n) is 1.61. The largest absolute Gasteiger partial charge is 0.448 e. The third-order valence-corrected chi connectivity index (χ3v) is 3.90. The average molecular weight is 335 g/mol. The second kappa shape index (κ2) is 7.07. The molecule has 0 aliphatic rings. The molecule has 0 aliphatic heterocycles. The van der Waals surface area contributed by atoms with Crippen molar-refractivity contribution in [3.63, 3.8) is 0 Å². The van der Waals surface area contributed by atoms with Crippen molar-refractivity contribution in [1.82, 2.24) is 0 Å². The summed E-state index contributed by atoms with van der Waals surface area (Å²) in [7, 11) is 0. The van der Waals surface area contributed by atoms with Gasteiger partial charge in [-0.1, -0.05) is 17.7 Å². The van der Waals surface area contributed by atoms with Crippen LogP contribution in [0.2, 0.25) is 4.34 Å². The molecule has 0 bridgehead atoms. The van der Waals surface area contributed by atoms with Gasteiger partial charge in [-0.2, -0.15) is 5.26 Å². The Kier molecular flexibility index (Phi) is 5.15. The zero-order valence-corrected chi connectivity index (χ0v) is 13.1. The molecule has 1 aromatic heterocycles. The number of hydrogen-bond acceptors (Lipinski definition) is 5. The molecule has 1 heterocycles. The van der Waals surface area contributed by atoms with Crippen LogP contribution in [0.15, 0.2) is 36.4 Å². The van der Waals surface area contributed by atoms with Gasteiger partial charge in [0.25, 0.3) is 5.91 Å². The van der Waals surface area contributed by atoms with Crippen LogP contribution in [0.4, 0.5) is 5.69 Å². The summed E-state index contributed by atoms with van der Waals surface area (Å²) in [6.07, 6.45) is -0.973. The predicted molar refractivity (Wildman–Crippen MR) is 84.0 cm³/mol. The first-order chi connectivity index (χ1) is 10.5. The number of nitrogens with zero attached hydrogens (tertiary/aromatic N) is 1. The van der Waals surface area contributed by atoms with Crippen molar-refractivity contribution in [2.75, 3.05) is 5.32 Å². The summed E-state index contributed by atoms with van der Waals surface area (Å²) in [6, 6.07) is 11.6. The highest BCUT2D eigenvalue weighted by Crippen LogP contribution is 2.22. The van der Waals surface area contributed by atoms with E-state index in [4.69, 9.17) is 21.6 Å². The van der Waals surface area contributed by atoms with Gasteiger partial charge in [0.1, 0.15) is 4.88 Å². The molecule has 1 aromatic carbocycles. The SMILES string of the molecule is C[C@H](OC(=O)c1ccc(Cl)s1)C(=O)Nc1cccc(C#N)c1. The van der Waals surface area contributed by atoms with Crippen LogP contribution in [0.1, 0.15) is 22.2 Å². The molecule has 0 unspecified atom stereocenters. The highest BCUT2D eigenvalue weighted by molar-refractivity contribution is 7.17. The number of nitriles is 1. The van der Waals surface area contributed by atoms with E-state index in [1.54, 1.807) is 24.3 Å². The summed E-state index contributed by atoms with van der Waals surface area (Å²) in [6.45, 7) is 1.47. The lowest BCUT2D eigenvalue weighted by Gasteiger charge is -2.13. The Labute approximate surface area is 136 Å². The molecule has 2 aromatic rings. The number of carbonyl (C=O) groups is 2. The number of halogens is 1. The minimum Gasteiger partial charge on any atom is -0.448 e. The molecule has 1 N–H and O–H groups in total. The Bertz CT molecular complexity index is 751. The molecule has 112 valence electrons. The lowest BCUT2D eigenvalue weighted by Crippen LogP contribution is -2.29. The van der Waals surface area contributed by atoms with E-state index in [-0.39, 0.29) is 0 Å². The number of carbonyl (C=O) groups excluding carboxylic acids is 2. The second-order valence-electron chi connectivity index (χ2n) is 4.33. The Hall–Kier alpha value is -2.36. The summed E-state index contributed by atoms with van der Waals surface area (Å²) in [5.41, 5.74) is 0.891. The van der Waals surface area contributed by atoms with Crippen LogP contribution in [0, 0.1) is 11.3 Å². The summed E-state index contributed by atoms with van der Waals surface area (Å²) in [5.74, 6) is -1.09. The van der Waals surface area contributed by atoms with E-state index < -0.39 is 18.0 Å². The van der Waals surface area contributed by atoms with Gasteiger partial charge in [0.2, 0.25) is 0 Å². The van der Waals surface area contributed by atoms with Gasteiger partial charge in [-0.25, -0.2) is 4.79 Å². The van der Waals surface area contributed by atoms with E-state index in [1.165, 1.54) is 19.1 Å². The van der Waals surface area contributed by atoms with E-state index >= 15 is 0 Å². The van der Waals surface area contributed by atoms with Gasteiger partial charge in [-0.05, 0) is 37.3 Å². The molecular weight excluding hydrogens is 324 g/mol. The maximum atomic E-state index is 12.0. The first-order valence-electron chi connectivity index (χ1n) is 6.27. The average Bonchev–Trinajstić information content (AvgIpc) is 2.94. The number of nitrogens with one attached hydrogen (secondary N) is 1. The van der Waals surface area contributed by atoms with Crippen molar-refractivity contribution in [3.8, 4) is 6.07 Å². The smallest absolute Gasteiger partial charge is 0.349 e. The topological polar surface area (TPSA) is 79.2 Å². The lowest BCUT2D eigenvalue weighted by molar-refractivity contribution is -0.123. The van der Waals surface area contributed by atoms with Crippen molar-refractivity contribution >= 4 is 40.5 Å². The lowest BCUT2D eigenvalue weighted by atomic mass is 10.2. The Morgan fingerprint density at radius 3 is 2.77 bits per heavy atom. The molecule has 0 radical (unpaired) electrons. The van der Waals surface area contributed by atoms with Crippen LogP contribution >= 0.6 is 22.9 Å². The zero-order valence-electron chi connectivity index (χ0n) is 11.5. The highest BCUT2D eigenvalue weighted by Gasteiger charge is 2.20. The van der Waals surface area contributed by atoms with Crippen molar-refractivity contribution in [1.29, 1.82) is 5.26 Å². The zero-order chi connectivity index (χ0) is 16.1. The minimum atomic E-state index is -0.973. The quantitative estimate of drug-likeness (QED) is 0.868. The standard InChI is InChI=1S/C15H11ClN2O3S/c1-9(21-15(20)12-5-6-13(16)22-12)14(19)18-11-4-2-3-10(7-11)8-17/h2-7,9H,1H3,(H,18,19)/t9-/m0/s1. The molecule has 7 heteroatoms. The van der Waals surface area contributed by atoms with E-state index in [0.29, 0.717) is 20.5 Å². The Morgan fingerprint density at radius 1 is 1.36 bits per heavy atom. The summed E-state index contributed by atoms with van der Waals surface area (Å²) >= 11 is 6.83. The van der Waals surface area contributed by atoms with Crippen molar-refractivity contribution in [3.05, 3.63) is 51.2 Å². The normalized spacial score (nSPS) is 11.3. The third kappa shape index (κ3) is 4.07. The van der Waals surface area contributed by atoms with Gasteiger partial charge in [-0.15, -0.1) is 11.3 Å². The fourth-order valence-corrected chi connectivity index (χ4v) is 2.53. The number of ether oxygens (including phenoxy) is 1. The van der Waals surface area contributed by atoms with Crippen molar-refractivity contribution < 1.29 is 14.3 Å². The maximum absolute atomic E-state index is 12.0. The maximum Gasteiger partial charge on any atom is 0.349 e. The molecule has 1 amide bonds. The van der Waals surface area contributed by atoms with Crippen molar-refractivity contribution in [2.24, 2.45) is 0 Å². The van der Waals surface area contributed by atoms with E-state index in [1.807, 2.05) is 6.07 Å². The monoisotopic (exact) mass is 334 g/mol. The first kappa shape index (κ1) is 16.0. The van der Waals surface area contributed by atoms with Gasteiger partial charge < -0.3 is 10.1 Å². The van der Waals surface area contributed by atoms with Crippen molar-refractivity contribution in [2.45, 2.75) is 13.0 Å². The van der Waals surface area contributed by atoms with Crippen LogP contribution in [0.3, 0.4) is 0 Å². The molecule has 0 fully saturated rings. The summed E-state index contributed by atoms with van der Waals surface area (Å²) < 4.78 is 5.55. The summed E-state index contributed by atoms with van der Waals surface area (Å²) in [5, 5.41) is 11.4. The fraction of sp³-hybridized carbons (Fsp3) is 0.133. The molecule has 0 spiro atoms. The van der Waals surface area contributed by atoms with Crippen LogP contribution in [0.25, 0.3) is 0 Å². The predicted octanol–water partition coefficient (Wildman–Crippen LogP) is 3.46. The number of thiophene rings is 1. The first-order valence-corrected chi connectivity index (χ1v) is 7.46. The van der Waals surface area contributed by atoms with E-state index in [9.17, 15) is 9.59 Å². The van der Waals surface area contributed by atoms with Gasteiger partial charge in [0.15, 0.2) is 6.10 Å². The number of hydrogen-bond donors (Lipinski definition) is 1. The molecular formula is C15H11ClN2O3S. The van der Waals surface area contributed by atoms with E-state index in [0.717, 1.165) is 11.3 Å². The highest BCUT2D eigenvalue weighted by atomic mass is 35.5. The minimum absolute atomic E-state index is 0.330. The number of benzene rings is 1. The van der Waals surface area contributed by atoms with Gasteiger partial charge in [0, 0.05) is 5.69 Å². The van der Waals surface area contributed by atoms with Gasteiger partial charge >= 0.3 is 5.97 Å². The molecule has 2 rings (SSSR count). The van der Waals surface area contributed by atoms with Crippen LogP contribution in [-0.2, 0) is 9.53 Å². The Morgan fingerprint density at radius 2 is 2.14 bits per heavy atom. The third-order valence-electron chi connectivity index (χ3n) is 2.69. The molecule has 22 heavy (non-hydrogen) atoms. The summed E-state index contributed by atoms with van der Waals surface area (Å²) in [4.78, 5) is 24.2. The second-order valence-corrected chi connectivity index (χ2v) is 6.05. The molecule has 5 nitrogen and oxygen atoms in total. The number of rotatable bonds is 4. The molecule has 0 saturated carbocycles. The van der Waals surface area contributed by atoms with Gasteiger partial charge in [0.05, 0.1) is 16.0 Å². The van der Waals surface area contributed by atoms with Crippen LogP contribution < -0.4 is 5.32 Å². The molecule has 1 atom stereocenters. The van der Waals surface area contributed by atoms with Crippen LogP contribution in [-0.4, -0.2) is 18.0 Å². The molecule has 0 aliphatic carbocycles. The molecule has 0 saturated heterocycles. The van der Waals surface area contributed by atoms with Gasteiger partial charge in [-0.3, -0.25) is 4.79 Å². The number of amides is 1. The van der Waals surface area contributed by atoms with E-state index in [2.05, 4.69) is 5.32 Å². The number of esters is 1.